The molecule has 0 saturated heterocycles. The van der Waals surface area contributed by atoms with E-state index in [0.29, 0.717) is 6.42 Å². The van der Waals surface area contributed by atoms with Gasteiger partial charge in [0.1, 0.15) is 0 Å². The number of carbonyl (C=O) groups excluding carboxylic acids is 1. The Balaban J connectivity index is 2.20. The van der Waals surface area contributed by atoms with Crippen LogP contribution < -0.4 is 5.73 Å². The van der Waals surface area contributed by atoms with E-state index >= 15 is 0 Å². The Kier molecular flexibility index (Phi) is 6.11. The van der Waals surface area contributed by atoms with Crippen LogP contribution in [0.2, 0.25) is 0 Å². The van der Waals surface area contributed by atoms with Gasteiger partial charge in [-0.05, 0) is 41.8 Å². The van der Waals surface area contributed by atoms with Gasteiger partial charge in [0.15, 0.2) is 0 Å². The summed E-state index contributed by atoms with van der Waals surface area (Å²) in [7, 11) is 1.86. The molecule has 3 nitrogen and oxygen atoms in total. The van der Waals surface area contributed by atoms with Crippen molar-refractivity contribution in [1.82, 2.24) is 4.90 Å². The lowest BCUT2D eigenvalue weighted by Crippen LogP contribution is -2.25. The van der Waals surface area contributed by atoms with E-state index in [1.54, 1.807) is 16.2 Å². The molecule has 0 aliphatic heterocycles. The molecule has 0 aliphatic carbocycles. The maximum Gasteiger partial charge on any atom is 0.222 e. The van der Waals surface area contributed by atoms with E-state index in [2.05, 4.69) is 11.4 Å². The van der Waals surface area contributed by atoms with E-state index in [1.807, 2.05) is 12.4 Å². The minimum absolute atomic E-state index is 0.225. The molecule has 0 fully saturated rings. The van der Waals surface area contributed by atoms with Gasteiger partial charge in [0.05, 0.1) is 0 Å². The van der Waals surface area contributed by atoms with Crippen LogP contribution in [0.1, 0.15) is 31.2 Å². The molecule has 1 heterocycles. The van der Waals surface area contributed by atoms with E-state index < -0.39 is 0 Å². The summed E-state index contributed by atoms with van der Waals surface area (Å²) in [4.78, 5) is 13.5. The lowest BCUT2D eigenvalue weighted by Gasteiger charge is -2.16. The minimum Gasteiger partial charge on any atom is -0.341 e. The van der Waals surface area contributed by atoms with Gasteiger partial charge < -0.3 is 10.6 Å². The quantitative estimate of drug-likeness (QED) is 0.743. The van der Waals surface area contributed by atoms with E-state index in [4.69, 9.17) is 5.73 Å². The Bertz CT molecular complexity index is 298. The van der Waals surface area contributed by atoms with Crippen molar-refractivity contribution in [2.24, 2.45) is 5.73 Å². The van der Waals surface area contributed by atoms with Gasteiger partial charge >= 0.3 is 0 Å². The predicted molar refractivity (Wildman–Crippen MR) is 68.3 cm³/mol. The highest BCUT2D eigenvalue weighted by molar-refractivity contribution is 7.07. The second-order valence-corrected chi connectivity index (χ2v) is 4.76. The highest BCUT2D eigenvalue weighted by Gasteiger charge is 2.08. The van der Waals surface area contributed by atoms with E-state index in [0.717, 1.165) is 32.4 Å². The van der Waals surface area contributed by atoms with E-state index in [-0.39, 0.29) is 5.91 Å². The third-order valence-electron chi connectivity index (χ3n) is 2.52. The average Bonchev–Trinajstić information content (AvgIpc) is 2.76. The number of amides is 1. The van der Waals surface area contributed by atoms with Gasteiger partial charge in [0.25, 0.3) is 0 Å². The van der Waals surface area contributed by atoms with Gasteiger partial charge in [-0.2, -0.15) is 11.3 Å². The second kappa shape index (κ2) is 7.41. The molecular formula is C12H20N2OS. The highest BCUT2D eigenvalue weighted by Crippen LogP contribution is 2.10. The Morgan fingerprint density at radius 3 is 2.88 bits per heavy atom. The standard InChI is InChI=1S/C12H20N2OS/c1-14(9-11-6-8-16-10-11)12(15)5-3-2-4-7-13/h6,8,10H,2-5,7,9,13H2,1H3. The molecule has 1 aromatic heterocycles. The van der Waals surface area contributed by atoms with Crippen LogP contribution in [-0.2, 0) is 11.3 Å². The molecule has 0 aromatic carbocycles. The van der Waals surface area contributed by atoms with Crippen LogP contribution in [0.15, 0.2) is 16.8 Å². The molecule has 90 valence electrons. The third kappa shape index (κ3) is 4.77. The molecule has 4 heteroatoms. The van der Waals surface area contributed by atoms with Gasteiger partial charge in [0, 0.05) is 20.0 Å². The molecule has 0 unspecified atom stereocenters. The number of hydrogen-bond acceptors (Lipinski definition) is 3. The molecule has 0 atom stereocenters. The number of rotatable bonds is 7. The summed E-state index contributed by atoms with van der Waals surface area (Å²) in [6.07, 6.45) is 3.65. The average molecular weight is 240 g/mol. The Hall–Kier alpha value is -0.870. The number of thiophene rings is 1. The van der Waals surface area contributed by atoms with Crippen molar-refractivity contribution in [2.45, 2.75) is 32.2 Å². The van der Waals surface area contributed by atoms with Crippen molar-refractivity contribution in [3.63, 3.8) is 0 Å². The van der Waals surface area contributed by atoms with Crippen LogP contribution in [0.3, 0.4) is 0 Å². The number of hydrogen-bond donors (Lipinski definition) is 1. The summed E-state index contributed by atoms with van der Waals surface area (Å²) in [5.74, 6) is 0.225. The Morgan fingerprint density at radius 2 is 2.25 bits per heavy atom. The molecule has 1 amide bonds. The predicted octanol–water partition coefficient (Wildman–Crippen LogP) is 2.23. The Labute approximate surface area is 101 Å². The molecular weight excluding hydrogens is 220 g/mol. The van der Waals surface area contributed by atoms with Crippen LogP contribution in [0.4, 0.5) is 0 Å². The van der Waals surface area contributed by atoms with Gasteiger partial charge in [-0.25, -0.2) is 0 Å². The minimum atomic E-state index is 0.225. The number of nitrogens with two attached hydrogens (primary N) is 1. The summed E-state index contributed by atoms with van der Waals surface area (Å²) < 4.78 is 0. The molecule has 16 heavy (non-hydrogen) atoms. The zero-order chi connectivity index (χ0) is 11.8. The fraction of sp³-hybridized carbons (Fsp3) is 0.583. The molecule has 0 spiro atoms. The number of nitrogens with zero attached hydrogens (tertiary/aromatic N) is 1. The Morgan fingerprint density at radius 1 is 1.44 bits per heavy atom. The van der Waals surface area contributed by atoms with Crippen molar-refractivity contribution in [3.8, 4) is 0 Å². The van der Waals surface area contributed by atoms with Crippen molar-refractivity contribution in [3.05, 3.63) is 22.4 Å². The second-order valence-electron chi connectivity index (χ2n) is 3.98. The first kappa shape index (κ1) is 13.2. The van der Waals surface area contributed by atoms with Crippen molar-refractivity contribution < 1.29 is 4.79 Å². The summed E-state index contributed by atoms with van der Waals surface area (Å²) in [6.45, 7) is 1.44. The normalized spacial score (nSPS) is 10.4. The van der Waals surface area contributed by atoms with Crippen LogP contribution in [-0.4, -0.2) is 24.4 Å². The fourth-order valence-corrected chi connectivity index (χ4v) is 2.19. The largest absolute Gasteiger partial charge is 0.341 e. The number of unbranched alkanes of at least 4 members (excludes halogenated alkanes) is 2. The van der Waals surface area contributed by atoms with Crippen LogP contribution in [0, 0.1) is 0 Å². The summed E-state index contributed by atoms with van der Waals surface area (Å²) in [5, 5.41) is 4.12. The molecule has 1 rings (SSSR count). The summed E-state index contributed by atoms with van der Waals surface area (Å²) >= 11 is 1.67. The van der Waals surface area contributed by atoms with E-state index in [9.17, 15) is 4.79 Å². The zero-order valence-corrected chi connectivity index (χ0v) is 10.6. The van der Waals surface area contributed by atoms with E-state index in [1.165, 1.54) is 5.56 Å². The molecule has 2 N–H and O–H groups in total. The van der Waals surface area contributed by atoms with Crippen molar-refractivity contribution >= 4 is 17.2 Å². The molecule has 0 aliphatic rings. The topological polar surface area (TPSA) is 46.3 Å². The first-order valence-electron chi connectivity index (χ1n) is 5.69. The zero-order valence-electron chi connectivity index (χ0n) is 9.82. The first-order chi connectivity index (χ1) is 7.74. The lowest BCUT2D eigenvalue weighted by atomic mass is 10.2. The van der Waals surface area contributed by atoms with Crippen molar-refractivity contribution in [1.29, 1.82) is 0 Å². The summed E-state index contributed by atoms with van der Waals surface area (Å²) in [5.41, 5.74) is 6.61. The SMILES string of the molecule is CN(Cc1ccsc1)C(=O)CCCCCN. The molecule has 1 aromatic rings. The van der Waals surface area contributed by atoms with Gasteiger partial charge in [-0.3, -0.25) is 4.79 Å². The van der Waals surface area contributed by atoms with Crippen LogP contribution in [0.5, 0.6) is 0 Å². The molecule has 0 radical (unpaired) electrons. The van der Waals surface area contributed by atoms with Crippen molar-refractivity contribution in [2.75, 3.05) is 13.6 Å². The van der Waals surface area contributed by atoms with Crippen LogP contribution >= 0.6 is 11.3 Å². The molecule has 0 bridgehead atoms. The fourth-order valence-electron chi connectivity index (χ4n) is 1.53. The maximum absolute atomic E-state index is 11.7. The first-order valence-corrected chi connectivity index (χ1v) is 6.63. The monoisotopic (exact) mass is 240 g/mol. The van der Waals surface area contributed by atoms with Gasteiger partial charge in [-0.15, -0.1) is 0 Å². The highest BCUT2D eigenvalue weighted by atomic mass is 32.1. The van der Waals surface area contributed by atoms with Gasteiger partial charge in [0.2, 0.25) is 5.91 Å². The van der Waals surface area contributed by atoms with Gasteiger partial charge in [-0.1, -0.05) is 6.42 Å². The maximum atomic E-state index is 11.7. The summed E-state index contributed by atoms with van der Waals surface area (Å²) in [6, 6.07) is 2.06. The molecule has 0 saturated carbocycles. The lowest BCUT2D eigenvalue weighted by molar-refractivity contribution is -0.130. The number of carbonyl (C=O) groups is 1. The smallest absolute Gasteiger partial charge is 0.222 e. The van der Waals surface area contributed by atoms with Crippen LogP contribution in [0.25, 0.3) is 0 Å². The third-order valence-corrected chi connectivity index (χ3v) is 3.25.